The lowest BCUT2D eigenvalue weighted by atomic mass is 9.62. The SMILES string of the molecule is Nc1ncnc2c1ncn2[C@@H]1C[C@@]2(CC[C@@H]2N)C(O)C1O. The molecule has 2 aliphatic carbocycles. The van der Waals surface area contributed by atoms with Gasteiger partial charge in [0.1, 0.15) is 17.9 Å². The summed E-state index contributed by atoms with van der Waals surface area (Å²) >= 11 is 0. The molecule has 0 radical (unpaired) electrons. The van der Waals surface area contributed by atoms with Crippen molar-refractivity contribution in [2.75, 3.05) is 5.73 Å². The van der Waals surface area contributed by atoms with E-state index in [0.717, 1.165) is 12.8 Å². The van der Waals surface area contributed by atoms with Crippen LogP contribution in [0, 0.1) is 5.41 Å². The molecule has 5 atom stereocenters. The van der Waals surface area contributed by atoms with Gasteiger partial charge >= 0.3 is 0 Å². The minimum Gasteiger partial charge on any atom is -0.390 e. The zero-order valence-electron chi connectivity index (χ0n) is 11.4. The van der Waals surface area contributed by atoms with Gasteiger partial charge in [0.2, 0.25) is 0 Å². The van der Waals surface area contributed by atoms with Gasteiger partial charge in [-0.1, -0.05) is 0 Å². The highest BCUT2D eigenvalue weighted by Gasteiger charge is 2.60. The number of hydrogen-bond donors (Lipinski definition) is 4. The molecule has 0 amide bonds. The molecule has 2 heterocycles. The van der Waals surface area contributed by atoms with E-state index in [1.165, 1.54) is 6.33 Å². The number of aliphatic hydroxyl groups excluding tert-OH is 2. The summed E-state index contributed by atoms with van der Waals surface area (Å²) < 4.78 is 1.78. The van der Waals surface area contributed by atoms with Crippen molar-refractivity contribution in [3.8, 4) is 0 Å². The van der Waals surface area contributed by atoms with Crippen molar-refractivity contribution >= 4 is 17.0 Å². The number of nitrogens with two attached hydrogens (primary N) is 2. The molecule has 0 saturated heterocycles. The van der Waals surface area contributed by atoms with Crippen molar-refractivity contribution in [1.82, 2.24) is 19.5 Å². The lowest BCUT2D eigenvalue weighted by Crippen LogP contribution is -2.56. The minimum absolute atomic E-state index is 0.0679. The molecular weight excluding hydrogens is 272 g/mol. The Bertz CT molecular complexity index is 703. The molecular formula is C13H18N6O2. The molecule has 2 aromatic rings. The summed E-state index contributed by atoms with van der Waals surface area (Å²) in [4.78, 5) is 12.3. The highest BCUT2D eigenvalue weighted by atomic mass is 16.3. The molecule has 6 N–H and O–H groups in total. The number of aliphatic hydroxyl groups is 2. The van der Waals surface area contributed by atoms with E-state index in [9.17, 15) is 10.2 Å². The number of imidazole rings is 1. The Balaban J connectivity index is 1.78. The molecule has 21 heavy (non-hydrogen) atoms. The summed E-state index contributed by atoms with van der Waals surface area (Å²) in [6.45, 7) is 0. The second-order valence-corrected chi connectivity index (χ2v) is 6.17. The maximum absolute atomic E-state index is 10.4. The first-order chi connectivity index (χ1) is 10.0. The van der Waals surface area contributed by atoms with Gasteiger partial charge < -0.3 is 26.2 Å². The smallest absolute Gasteiger partial charge is 0.165 e. The lowest BCUT2D eigenvalue weighted by molar-refractivity contribution is -0.0722. The fourth-order valence-electron chi connectivity index (χ4n) is 3.86. The van der Waals surface area contributed by atoms with Crippen LogP contribution >= 0.6 is 0 Å². The van der Waals surface area contributed by atoms with Crippen molar-refractivity contribution < 1.29 is 10.2 Å². The van der Waals surface area contributed by atoms with E-state index >= 15 is 0 Å². The van der Waals surface area contributed by atoms with Crippen LogP contribution in [0.5, 0.6) is 0 Å². The van der Waals surface area contributed by atoms with Crippen molar-refractivity contribution in [3.05, 3.63) is 12.7 Å². The normalized spacial score (nSPS) is 39.0. The van der Waals surface area contributed by atoms with Crippen LogP contribution in [0.4, 0.5) is 5.82 Å². The molecule has 8 nitrogen and oxygen atoms in total. The van der Waals surface area contributed by atoms with Crippen molar-refractivity contribution in [3.63, 3.8) is 0 Å². The van der Waals surface area contributed by atoms with Crippen molar-refractivity contribution in [2.45, 2.75) is 43.6 Å². The van der Waals surface area contributed by atoms with Gasteiger partial charge in [-0.3, -0.25) is 0 Å². The number of fused-ring (bicyclic) bond motifs is 1. The summed E-state index contributed by atoms with van der Waals surface area (Å²) in [5, 5.41) is 20.9. The van der Waals surface area contributed by atoms with Crippen molar-refractivity contribution in [2.24, 2.45) is 11.1 Å². The van der Waals surface area contributed by atoms with Crippen LogP contribution < -0.4 is 11.5 Å². The van der Waals surface area contributed by atoms with Gasteiger partial charge in [-0.15, -0.1) is 0 Å². The largest absolute Gasteiger partial charge is 0.390 e. The van der Waals surface area contributed by atoms with Crippen LogP contribution in [0.25, 0.3) is 11.2 Å². The Hall–Kier alpha value is -1.77. The Kier molecular flexibility index (Phi) is 2.54. The molecule has 2 saturated carbocycles. The van der Waals surface area contributed by atoms with Crippen LogP contribution in [0.15, 0.2) is 12.7 Å². The predicted molar refractivity (Wildman–Crippen MR) is 75.0 cm³/mol. The van der Waals surface area contributed by atoms with Gasteiger partial charge in [-0.05, 0) is 19.3 Å². The molecule has 0 aliphatic heterocycles. The molecule has 2 fully saturated rings. The number of nitrogens with zero attached hydrogens (tertiary/aromatic N) is 4. The van der Waals surface area contributed by atoms with Gasteiger partial charge in [0, 0.05) is 11.5 Å². The maximum atomic E-state index is 10.4. The first-order valence-corrected chi connectivity index (χ1v) is 7.09. The number of hydrogen-bond acceptors (Lipinski definition) is 7. The Morgan fingerprint density at radius 2 is 2.10 bits per heavy atom. The third-order valence-corrected chi connectivity index (χ3v) is 5.30. The molecule has 4 rings (SSSR count). The summed E-state index contributed by atoms with van der Waals surface area (Å²) in [7, 11) is 0. The van der Waals surface area contributed by atoms with E-state index in [2.05, 4.69) is 15.0 Å². The number of rotatable bonds is 1. The van der Waals surface area contributed by atoms with Gasteiger partial charge in [-0.2, -0.15) is 0 Å². The number of anilines is 1. The standard InChI is InChI=1S/C13H18N6O2/c14-7-1-2-13(7)3-6(9(20)10(13)21)19-5-18-8-11(15)16-4-17-12(8)19/h4-7,9-10,20-21H,1-3,14H2,(H2,15,16,17)/t6-,7+,9?,10?,13-/m1/s1. The average molecular weight is 290 g/mol. The van der Waals surface area contributed by atoms with Gasteiger partial charge in [0.15, 0.2) is 11.5 Å². The number of nitrogen functional groups attached to an aromatic ring is 1. The van der Waals surface area contributed by atoms with E-state index in [-0.39, 0.29) is 17.5 Å². The fourth-order valence-corrected chi connectivity index (χ4v) is 3.86. The van der Waals surface area contributed by atoms with Crippen LogP contribution in [0.1, 0.15) is 25.3 Å². The van der Waals surface area contributed by atoms with Crippen LogP contribution in [0.3, 0.4) is 0 Å². The second-order valence-electron chi connectivity index (χ2n) is 6.17. The average Bonchev–Trinajstić information content (AvgIpc) is 3.01. The highest BCUT2D eigenvalue weighted by Crippen LogP contribution is 2.56. The summed E-state index contributed by atoms with van der Waals surface area (Å²) in [5.74, 6) is 0.307. The van der Waals surface area contributed by atoms with Crippen molar-refractivity contribution in [1.29, 1.82) is 0 Å². The first-order valence-electron chi connectivity index (χ1n) is 7.09. The van der Waals surface area contributed by atoms with E-state index in [0.29, 0.717) is 23.4 Å². The Morgan fingerprint density at radius 1 is 1.29 bits per heavy atom. The monoisotopic (exact) mass is 290 g/mol. The molecule has 8 heteroatoms. The summed E-state index contributed by atoms with van der Waals surface area (Å²) in [6.07, 6.45) is 3.61. The van der Waals surface area contributed by atoms with Crippen LogP contribution in [-0.4, -0.2) is 48.0 Å². The minimum atomic E-state index is -0.884. The first kappa shape index (κ1) is 12.9. The summed E-state index contributed by atoms with van der Waals surface area (Å²) in [6, 6.07) is -0.368. The lowest BCUT2D eigenvalue weighted by Gasteiger charge is -2.47. The Morgan fingerprint density at radius 3 is 2.71 bits per heavy atom. The molecule has 2 unspecified atom stereocenters. The van der Waals surface area contributed by atoms with Crippen LogP contribution in [-0.2, 0) is 0 Å². The molecule has 112 valence electrons. The van der Waals surface area contributed by atoms with E-state index in [1.54, 1.807) is 10.9 Å². The third kappa shape index (κ3) is 1.52. The molecule has 2 aromatic heterocycles. The van der Waals surface area contributed by atoms with E-state index in [4.69, 9.17) is 11.5 Å². The van der Waals surface area contributed by atoms with Gasteiger partial charge in [-0.25, -0.2) is 15.0 Å². The van der Waals surface area contributed by atoms with Gasteiger partial charge in [0.05, 0.1) is 18.5 Å². The third-order valence-electron chi connectivity index (χ3n) is 5.30. The topological polar surface area (TPSA) is 136 Å². The molecule has 0 bridgehead atoms. The molecule has 2 aliphatic rings. The number of aromatic nitrogens is 4. The zero-order chi connectivity index (χ0) is 14.8. The van der Waals surface area contributed by atoms with E-state index in [1.807, 2.05) is 0 Å². The van der Waals surface area contributed by atoms with Crippen LogP contribution in [0.2, 0.25) is 0 Å². The quantitative estimate of drug-likeness (QED) is 0.538. The second kappa shape index (κ2) is 4.12. The molecule has 0 aromatic carbocycles. The predicted octanol–water partition coefficient (Wildman–Crippen LogP) is -0.817. The fraction of sp³-hybridized carbons (Fsp3) is 0.615. The highest BCUT2D eigenvalue weighted by molar-refractivity contribution is 5.81. The summed E-state index contributed by atoms with van der Waals surface area (Å²) in [5.41, 5.74) is 12.6. The Labute approximate surface area is 120 Å². The zero-order valence-corrected chi connectivity index (χ0v) is 11.4. The van der Waals surface area contributed by atoms with E-state index < -0.39 is 12.2 Å². The maximum Gasteiger partial charge on any atom is 0.165 e. The van der Waals surface area contributed by atoms with Gasteiger partial charge in [0.25, 0.3) is 0 Å². The molecule has 1 spiro atoms.